The molecule has 0 amide bonds. The molecule has 0 unspecified atom stereocenters. The number of carboxylic acid groups (broad SMARTS) is 1. The summed E-state index contributed by atoms with van der Waals surface area (Å²) in [5, 5.41) is 9.25. The fraction of sp³-hybridized carbons (Fsp3) is 0.300. The van der Waals surface area contributed by atoms with Crippen LogP contribution in [0.1, 0.15) is 16.8 Å². The Kier molecular flexibility index (Phi) is 3.07. The standard InChI is InChI=1S/C10H9ClO3S/c11-7-4-6(10(12)13)5-8-9(7)14-2-1-3-15-8/h4-5H,1-3H2,(H,12,13). The van der Waals surface area contributed by atoms with Gasteiger partial charge in [-0.05, 0) is 18.6 Å². The average Bonchev–Trinajstić information content (AvgIpc) is 2.42. The van der Waals surface area contributed by atoms with Crippen LogP contribution in [0, 0.1) is 0 Å². The van der Waals surface area contributed by atoms with E-state index in [1.165, 1.54) is 6.07 Å². The van der Waals surface area contributed by atoms with E-state index in [9.17, 15) is 4.79 Å². The summed E-state index contributed by atoms with van der Waals surface area (Å²) in [7, 11) is 0. The van der Waals surface area contributed by atoms with Crippen LogP contribution in [-0.4, -0.2) is 23.4 Å². The molecule has 0 radical (unpaired) electrons. The van der Waals surface area contributed by atoms with Gasteiger partial charge in [0, 0.05) is 5.75 Å². The quantitative estimate of drug-likeness (QED) is 0.825. The summed E-state index contributed by atoms with van der Waals surface area (Å²) >= 11 is 7.54. The number of aromatic carboxylic acids is 1. The number of hydrogen-bond donors (Lipinski definition) is 1. The summed E-state index contributed by atoms with van der Waals surface area (Å²) in [6, 6.07) is 3.04. The smallest absolute Gasteiger partial charge is 0.335 e. The van der Waals surface area contributed by atoms with Crippen molar-refractivity contribution in [3.63, 3.8) is 0 Å². The molecular formula is C10H9ClO3S. The van der Waals surface area contributed by atoms with Gasteiger partial charge >= 0.3 is 5.97 Å². The van der Waals surface area contributed by atoms with Gasteiger partial charge in [-0.2, -0.15) is 0 Å². The molecule has 1 heterocycles. The zero-order chi connectivity index (χ0) is 10.8. The number of rotatable bonds is 1. The van der Waals surface area contributed by atoms with Crippen LogP contribution in [-0.2, 0) is 0 Å². The third-order valence-corrected chi connectivity index (χ3v) is 3.44. The normalized spacial score (nSPS) is 15.0. The van der Waals surface area contributed by atoms with E-state index in [-0.39, 0.29) is 5.56 Å². The number of ether oxygens (including phenoxy) is 1. The van der Waals surface area contributed by atoms with Gasteiger partial charge in [-0.1, -0.05) is 11.6 Å². The molecule has 0 atom stereocenters. The van der Waals surface area contributed by atoms with Crippen molar-refractivity contribution in [3.8, 4) is 5.75 Å². The van der Waals surface area contributed by atoms with Crippen molar-refractivity contribution in [2.75, 3.05) is 12.4 Å². The minimum Gasteiger partial charge on any atom is -0.491 e. The lowest BCUT2D eigenvalue weighted by Gasteiger charge is -2.09. The molecule has 80 valence electrons. The average molecular weight is 245 g/mol. The second kappa shape index (κ2) is 4.33. The molecule has 0 spiro atoms. The SMILES string of the molecule is O=C(O)c1cc(Cl)c2c(c1)SCCCO2. The van der Waals surface area contributed by atoms with Crippen LogP contribution in [0.4, 0.5) is 0 Å². The van der Waals surface area contributed by atoms with Gasteiger partial charge < -0.3 is 9.84 Å². The Bertz CT molecular complexity index is 406. The molecule has 2 rings (SSSR count). The number of carboxylic acids is 1. The Morgan fingerprint density at radius 2 is 2.33 bits per heavy atom. The highest BCUT2D eigenvalue weighted by Gasteiger charge is 2.16. The van der Waals surface area contributed by atoms with E-state index in [1.54, 1.807) is 17.8 Å². The van der Waals surface area contributed by atoms with Crippen molar-refractivity contribution in [3.05, 3.63) is 22.7 Å². The Balaban J connectivity index is 2.48. The van der Waals surface area contributed by atoms with Crippen molar-refractivity contribution in [1.29, 1.82) is 0 Å². The number of halogens is 1. The molecule has 5 heteroatoms. The van der Waals surface area contributed by atoms with E-state index in [0.717, 1.165) is 17.1 Å². The topological polar surface area (TPSA) is 46.5 Å². The number of thioether (sulfide) groups is 1. The lowest BCUT2D eigenvalue weighted by molar-refractivity contribution is 0.0696. The maximum absolute atomic E-state index is 10.8. The minimum absolute atomic E-state index is 0.205. The fourth-order valence-corrected chi connectivity index (χ4v) is 2.68. The molecule has 0 saturated heterocycles. The molecule has 1 aromatic rings. The molecule has 0 bridgehead atoms. The van der Waals surface area contributed by atoms with Gasteiger partial charge in [0.25, 0.3) is 0 Å². The highest BCUT2D eigenvalue weighted by atomic mass is 35.5. The van der Waals surface area contributed by atoms with Gasteiger partial charge in [0.15, 0.2) is 5.75 Å². The van der Waals surface area contributed by atoms with E-state index in [4.69, 9.17) is 21.4 Å². The van der Waals surface area contributed by atoms with E-state index in [0.29, 0.717) is 17.4 Å². The van der Waals surface area contributed by atoms with Gasteiger partial charge in [-0.3, -0.25) is 0 Å². The first kappa shape index (κ1) is 10.6. The maximum atomic E-state index is 10.8. The summed E-state index contributed by atoms with van der Waals surface area (Å²) in [6.45, 7) is 0.631. The number of hydrogen-bond acceptors (Lipinski definition) is 3. The largest absolute Gasteiger partial charge is 0.491 e. The molecule has 3 nitrogen and oxygen atoms in total. The van der Waals surface area contributed by atoms with Crippen LogP contribution in [0.3, 0.4) is 0 Å². The molecule has 0 aliphatic carbocycles. The third kappa shape index (κ3) is 2.21. The highest BCUT2D eigenvalue weighted by Crippen LogP contribution is 2.39. The Morgan fingerprint density at radius 1 is 1.53 bits per heavy atom. The molecule has 0 aromatic heterocycles. The predicted molar refractivity (Wildman–Crippen MR) is 59.2 cm³/mol. The van der Waals surface area contributed by atoms with Gasteiger partial charge in [0.1, 0.15) is 0 Å². The summed E-state index contributed by atoms with van der Waals surface area (Å²) in [5.74, 6) is 0.570. The first-order valence-corrected chi connectivity index (χ1v) is 5.87. The van der Waals surface area contributed by atoms with Crippen molar-refractivity contribution in [1.82, 2.24) is 0 Å². The minimum atomic E-state index is -0.968. The van der Waals surface area contributed by atoms with Gasteiger partial charge in [-0.25, -0.2) is 4.79 Å². The molecule has 15 heavy (non-hydrogen) atoms. The lowest BCUT2D eigenvalue weighted by Crippen LogP contribution is -1.99. The van der Waals surface area contributed by atoms with Gasteiger partial charge in [0.2, 0.25) is 0 Å². The maximum Gasteiger partial charge on any atom is 0.335 e. The molecule has 1 aliphatic rings. The van der Waals surface area contributed by atoms with Crippen LogP contribution in [0.15, 0.2) is 17.0 Å². The number of fused-ring (bicyclic) bond motifs is 1. The fourth-order valence-electron chi connectivity index (χ4n) is 1.35. The molecular weight excluding hydrogens is 236 g/mol. The summed E-state index contributed by atoms with van der Waals surface area (Å²) in [4.78, 5) is 11.6. The summed E-state index contributed by atoms with van der Waals surface area (Å²) < 4.78 is 5.47. The Morgan fingerprint density at radius 3 is 3.07 bits per heavy atom. The second-order valence-corrected chi connectivity index (χ2v) is 4.68. The first-order chi connectivity index (χ1) is 7.18. The molecule has 1 aromatic carbocycles. The van der Waals surface area contributed by atoms with E-state index < -0.39 is 5.97 Å². The zero-order valence-electron chi connectivity index (χ0n) is 7.83. The van der Waals surface area contributed by atoms with Crippen LogP contribution < -0.4 is 4.74 Å². The highest BCUT2D eigenvalue weighted by molar-refractivity contribution is 7.99. The predicted octanol–water partition coefficient (Wildman–Crippen LogP) is 2.91. The third-order valence-electron chi connectivity index (χ3n) is 2.05. The van der Waals surface area contributed by atoms with Crippen molar-refractivity contribution < 1.29 is 14.6 Å². The number of carbonyl (C=O) groups is 1. The summed E-state index contributed by atoms with van der Waals surface area (Å²) in [6.07, 6.45) is 0.943. The lowest BCUT2D eigenvalue weighted by atomic mass is 10.2. The van der Waals surface area contributed by atoms with E-state index in [2.05, 4.69) is 0 Å². The van der Waals surface area contributed by atoms with E-state index >= 15 is 0 Å². The summed E-state index contributed by atoms with van der Waals surface area (Å²) in [5.41, 5.74) is 0.205. The molecule has 1 N–H and O–H groups in total. The van der Waals surface area contributed by atoms with Crippen LogP contribution in [0.2, 0.25) is 5.02 Å². The molecule has 1 aliphatic heterocycles. The Hall–Kier alpha value is -0.870. The monoisotopic (exact) mass is 244 g/mol. The van der Waals surface area contributed by atoms with Crippen molar-refractivity contribution in [2.24, 2.45) is 0 Å². The van der Waals surface area contributed by atoms with E-state index in [1.807, 2.05) is 0 Å². The second-order valence-electron chi connectivity index (χ2n) is 3.14. The molecule has 0 saturated carbocycles. The molecule has 0 fully saturated rings. The Labute approximate surface area is 96.4 Å². The van der Waals surface area contributed by atoms with Crippen molar-refractivity contribution in [2.45, 2.75) is 11.3 Å². The number of benzene rings is 1. The van der Waals surface area contributed by atoms with Crippen molar-refractivity contribution >= 4 is 29.3 Å². The van der Waals surface area contributed by atoms with Gasteiger partial charge in [0.05, 0.1) is 22.1 Å². The van der Waals surface area contributed by atoms with Crippen LogP contribution >= 0.6 is 23.4 Å². The van der Waals surface area contributed by atoms with Crippen LogP contribution in [0.5, 0.6) is 5.75 Å². The zero-order valence-corrected chi connectivity index (χ0v) is 9.40. The first-order valence-electron chi connectivity index (χ1n) is 4.51. The van der Waals surface area contributed by atoms with Crippen LogP contribution in [0.25, 0.3) is 0 Å². The van der Waals surface area contributed by atoms with Gasteiger partial charge in [-0.15, -0.1) is 11.8 Å².